The van der Waals surface area contributed by atoms with Gasteiger partial charge in [-0.25, -0.2) is 0 Å². The van der Waals surface area contributed by atoms with Crippen LogP contribution in [0.15, 0.2) is 0 Å². The molecular formula is H4BKO3. The van der Waals surface area contributed by atoms with Gasteiger partial charge in [-0.1, -0.05) is 0 Å². The third-order valence-corrected chi connectivity index (χ3v) is 0. The van der Waals surface area contributed by atoms with E-state index in [4.69, 9.17) is 15.1 Å². The summed E-state index contributed by atoms with van der Waals surface area (Å²) in [6, 6.07) is 0. The van der Waals surface area contributed by atoms with Crippen molar-refractivity contribution in [3.63, 3.8) is 0 Å². The molecule has 0 unspecified atom stereocenters. The Morgan fingerprint density at radius 1 is 1.20 bits per heavy atom. The molecule has 0 bridgehead atoms. The number of rotatable bonds is 0. The van der Waals surface area contributed by atoms with Gasteiger partial charge >= 0.3 is 58.7 Å². The van der Waals surface area contributed by atoms with Crippen LogP contribution < -0.4 is 51.4 Å². The SMILES string of the molecule is OB(O)O.[H-].[K+]. The molecule has 0 rings (SSSR count). The molecule has 0 heterocycles. The first-order chi connectivity index (χ1) is 1.73. The third-order valence-electron chi connectivity index (χ3n) is 0. The average Bonchev–Trinajstić information content (AvgIpc) is 0.811. The maximum absolute atomic E-state index is 7.17. The molecule has 0 aromatic heterocycles. The minimum absolute atomic E-state index is 0. The minimum Gasteiger partial charge on any atom is -1.00 e. The fraction of sp³-hybridized carbons (Fsp3) is 0. The molecule has 0 saturated carbocycles. The zero-order valence-corrected chi connectivity index (χ0v) is 6.04. The monoisotopic (exact) mass is 102 g/mol. The third kappa shape index (κ3) is 28.6. The fourth-order valence-electron chi connectivity index (χ4n) is 0. The van der Waals surface area contributed by atoms with Crippen LogP contribution in [-0.4, -0.2) is 22.4 Å². The van der Waals surface area contributed by atoms with Gasteiger partial charge in [0.1, 0.15) is 0 Å². The van der Waals surface area contributed by atoms with Gasteiger partial charge in [0.25, 0.3) is 0 Å². The second kappa shape index (κ2) is 5.58. The summed E-state index contributed by atoms with van der Waals surface area (Å²) in [5, 5.41) is 21.5. The van der Waals surface area contributed by atoms with E-state index < -0.39 is 7.32 Å². The first kappa shape index (κ1) is 9.77. The molecule has 3 N–H and O–H groups in total. The zero-order valence-electron chi connectivity index (χ0n) is 3.92. The van der Waals surface area contributed by atoms with Crippen molar-refractivity contribution in [2.45, 2.75) is 0 Å². The van der Waals surface area contributed by atoms with E-state index in [1.807, 2.05) is 0 Å². The summed E-state index contributed by atoms with van der Waals surface area (Å²) in [6.45, 7) is 0. The molecule has 26 valence electrons. The Labute approximate surface area is 74.1 Å². The van der Waals surface area contributed by atoms with Crippen molar-refractivity contribution in [1.29, 1.82) is 0 Å². The molecule has 0 aromatic rings. The van der Waals surface area contributed by atoms with Crippen molar-refractivity contribution < 1.29 is 67.9 Å². The van der Waals surface area contributed by atoms with Crippen LogP contribution in [0.5, 0.6) is 0 Å². The molecule has 5 heavy (non-hydrogen) atoms. The largest absolute Gasteiger partial charge is 1.00 e. The Morgan fingerprint density at radius 2 is 1.20 bits per heavy atom. The van der Waals surface area contributed by atoms with Crippen LogP contribution in [0, 0.1) is 0 Å². The summed E-state index contributed by atoms with van der Waals surface area (Å²) in [6.07, 6.45) is 0. The van der Waals surface area contributed by atoms with Crippen molar-refractivity contribution in [1.82, 2.24) is 0 Å². The quantitative estimate of drug-likeness (QED) is 0.268. The Kier molecular flexibility index (Phi) is 10.9. The van der Waals surface area contributed by atoms with Gasteiger partial charge in [0.15, 0.2) is 0 Å². The van der Waals surface area contributed by atoms with Crippen molar-refractivity contribution in [2.75, 3.05) is 0 Å². The smallest absolute Gasteiger partial charge is 1.00 e. The Morgan fingerprint density at radius 3 is 1.20 bits per heavy atom. The van der Waals surface area contributed by atoms with E-state index in [9.17, 15) is 0 Å². The topological polar surface area (TPSA) is 60.7 Å². The molecular weight excluding hydrogens is 97.9 g/mol. The summed E-state index contributed by atoms with van der Waals surface area (Å²) < 4.78 is 0. The molecule has 0 aliphatic rings. The van der Waals surface area contributed by atoms with Gasteiger partial charge in [-0.15, -0.1) is 0 Å². The van der Waals surface area contributed by atoms with Gasteiger partial charge in [-0.3, -0.25) is 0 Å². The first-order valence-corrected chi connectivity index (χ1v) is 0.775. The van der Waals surface area contributed by atoms with Crippen molar-refractivity contribution in [3.8, 4) is 0 Å². The maximum atomic E-state index is 7.17. The maximum Gasteiger partial charge on any atom is 1.00 e. The van der Waals surface area contributed by atoms with Crippen LogP contribution in [-0.2, 0) is 0 Å². The molecule has 3 nitrogen and oxygen atoms in total. The van der Waals surface area contributed by atoms with Gasteiger partial charge in [0, 0.05) is 0 Å². The van der Waals surface area contributed by atoms with Gasteiger partial charge in [0.2, 0.25) is 0 Å². The minimum atomic E-state index is -2.17. The van der Waals surface area contributed by atoms with Crippen LogP contribution in [0.1, 0.15) is 1.43 Å². The molecule has 0 radical (unpaired) electrons. The fourth-order valence-corrected chi connectivity index (χ4v) is 0. The molecule has 0 atom stereocenters. The zero-order chi connectivity index (χ0) is 3.58. The van der Waals surface area contributed by atoms with E-state index in [2.05, 4.69) is 0 Å². The average molecular weight is 102 g/mol. The summed E-state index contributed by atoms with van der Waals surface area (Å²) in [4.78, 5) is 0. The predicted molar refractivity (Wildman–Crippen MR) is 13.5 cm³/mol. The standard InChI is InChI=1S/BH3O3.K.H/c2-1(3)4;;/h2-4H;;/q;+1;-1. The molecule has 0 fully saturated rings. The van der Waals surface area contributed by atoms with E-state index in [1.165, 1.54) is 0 Å². The van der Waals surface area contributed by atoms with Crippen LogP contribution in [0.25, 0.3) is 0 Å². The van der Waals surface area contributed by atoms with Gasteiger partial charge in [-0.2, -0.15) is 0 Å². The molecule has 0 saturated heterocycles. The van der Waals surface area contributed by atoms with Crippen LogP contribution in [0.4, 0.5) is 0 Å². The van der Waals surface area contributed by atoms with E-state index in [0.29, 0.717) is 0 Å². The van der Waals surface area contributed by atoms with Crippen LogP contribution in [0.3, 0.4) is 0 Å². The predicted octanol–water partition coefficient (Wildman–Crippen LogP) is -4.94. The van der Waals surface area contributed by atoms with E-state index >= 15 is 0 Å². The Hall–Kier alpha value is 1.58. The van der Waals surface area contributed by atoms with Crippen LogP contribution in [0.2, 0.25) is 0 Å². The number of hydrogen-bond donors (Lipinski definition) is 3. The Balaban J connectivity index is -0.0000000450. The van der Waals surface area contributed by atoms with Crippen LogP contribution >= 0.6 is 0 Å². The van der Waals surface area contributed by atoms with E-state index in [1.54, 1.807) is 0 Å². The first-order valence-electron chi connectivity index (χ1n) is 0.775. The summed E-state index contributed by atoms with van der Waals surface area (Å²) >= 11 is 0. The summed E-state index contributed by atoms with van der Waals surface area (Å²) in [5.74, 6) is 0. The van der Waals surface area contributed by atoms with E-state index in [0.717, 1.165) is 0 Å². The second-order valence-corrected chi connectivity index (χ2v) is 0.346. The molecule has 0 aliphatic heterocycles. The van der Waals surface area contributed by atoms with Crippen molar-refractivity contribution in [2.24, 2.45) is 0 Å². The van der Waals surface area contributed by atoms with E-state index in [-0.39, 0.29) is 52.8 Å². The molecule has 0 amide bonds. The number of hydrogen-bond acceptors (Lipinski definition) is 3. The van der Waals surface area contributed by atoms with Gasteiger partial charge in [0.05, 0.1) is 0 Å². The van der Waals surface area contributed by atoms with Gasteiger partial charge < -0.3 is 16.5 Å². The van der Waals surface area contributed by atoms with Crippen molar-refractivity contribution in [3.05, 3.63) is 0 Å². The normalized spacial score (nSPS) is 5.40. The molecule has 0 aromatic carbocycles. The van der Waals surface area contributed by atoms with Gasteiger partial charge in [-0.05, 0) is 0 Å². The molecule has 0 spiro atoms. The summed E-state index contributed by atoms with van der Waals surface area (Å²) in [7, 11) is -2.17. The summed E-state index contributed by atoms with van der Waals surface area (Å²) in [5.41, 5.74) is 0. The Bertz CT molecular complexity index is 15.5. The second-order valence-electron chi connectivity index (χ2n) is 0.346. The molecule has 0 aliphatic carbocycles. The van der Waals surface area contributed by atoms with Crippen molar-refractivity contribution >= 4 is 7.32 Å². The molecule has 5 heteroatoms.